The van der Waals surface area contributed by atoms with Gasteiger partial charge in [-0.2, -0.15) is 0 Å². The van der Waals surface area contributed by atoms with E-state index in [-0.39, 0.29) is 25.2 Å². The molecule has 15 heteroatoms. The van der Waals surface area contributed by atoms with E-state index in [4.69, 9.17) is 23.8 Å². The molecule has 6 N–H and O–H groups in total. The molecule has 0 radical (unpaired) electrons. The number of aliphatic hydroxyl groups is 5. The molecule has 1 saturated heterocycles. The number of unbranched alkanes of at least 4 members (excludes halogenated alkanes) is 8. The summed E-state index contributed by atoms with van der Waals surface area (Å²) in [5.74, 6) is -1.52. The molecule has 1 aliphatic heterocycles. The third-order valence-corrected chi connectivity index (χ3v) is 10.4. The molecule has 0 amide bonds. The van der Waals surface area contributed by atoms with Crippen LogP contribution in [0.4, 0.5) is 0 Å². The Morgan fingerprint density at radius 1 is 0.763 bits per heavy atom. The summed E-state index contributed by atoms with van der Waals surface area (Å²) >= 11 is 0. The van der Waals surface area contributed by atoms with Gasteiger partial charge in [0.1, 0.15) is 12.7 Å². The smallest absolute Gasteiger partial charge is 0.462 e. The van der Waals surface area contributed by atoms with Gasteiger partial charge >= 0.3 is 19.8 Å². The number of aliphatic hydroxyl groups excluding tert-OH is 5. The van der Waals surface area contributed by atoms with E-state index in [0.29, 0.717) is 32.1 Å². The fraction of sp³-hybridized carbons (Fsp3) is 0.727. The van der Waals surface area contributed by atoms with Crippen LogP contribution in [0.3, 0.4) is 0 Å². The van der Waals surface area contributed by atoms with E-state index in [9.17, 15) is 39.5 Å². The lowest BCUT2D eigenvalue weighted by Gasteiger charge is -2.36. The van der Waals surface area contributed by atoms with Crippen LogP contribution in [-0.2, 0) is 37.4 Å². The largest absolute Gasteiger partial charge is 0.472 e. The first-order chi connectivity index (χ1) is 28.4. The summed E-state index contributed by atoms with van der Waals surface area (Å²) in [4.78, 5) is 35.2. The molecule has 0 aromatic heterocycles. The summed E-state index contributed by atoms with van der Waals surface area (Å²) in [7, 11) is -4.71. The van der Waals surface area contributed by atoms with Crippen molar-refractivity contribution in [3.8, 4) is 0 Å². The van der Waals surface area contributed by atoms with Gasteiger partial charge < -0.3 is 44.6 Å². The van der Waals surface area contributed by atoms with Gasteiger partial charge in [-0.15, -0.1) is 0 Å². The fourth-order valence-corrected chi connectivity index (χ4v) is 6.77. The van der Waals surface area contributed by atoms with Crippen molar-refractivity contribution < 1.29 is 67.8 Å². The summed E-state index contributed by atoms with van der Waals surface area (Å²) in [6.45, 7) is 1.86. The standard InChI is InChI=1S/C44H75O14P/c1-3-5-7-8-9-10-11-12-13-14-15-16-17-18-23-27-42(49)54-34-38(35-56-59(52,53)55-33-37(47)32-45)57-43(50)28-24-20-19-22-26-39-40(48)31-44(51)58-41(39)30-29-36(46)25-21-6-4-2/h9-10,12-13,15-16,19,22,29-30,36-41,44-48,51H,3-8,11,14,17-18,20-21,23-28,31-35H2,1-2H3,(H,52,53)/b10-9-,13-12-,16-15-,22-19-,30-29+/t36-,37-,38+,39-,40-,41+,44?/m0/s1. The summed E-state index contributed by atoms with van der Waals surface area (Å²) in [5.41, 5.74) is 0. The average Bonchev–Trinajstić information content (AvgIpc) is 3.20. The lowest BCUT2D eigenvalue weighted by atomic mass is 9.87. The first-order valence-corrected chi connectivity index (χ1v) is 23.1. The highest BCUT2D eigenvalue weighted by molar-refractivity contribution is 7.47. The van der Waals surface area contributed by atoms with Gasteiger partial charge in [0.2, 0.25) is 0 Å². The third-order valence-electron chi connectivity index (χ3n) is 9.44. The van der Waals surface area contributed by atoms with Gasteiger partial charge in [-0.05, 0) is 70.6 Å². The summed E-state index contributed by atoms with van der Waals surface area (Å²) in [6.07, 6.45) is 28.1. The number of phosphoric acid groups is 1. The van der Waals surface area contributed by atoms with Crippen LogP contribution in [0.5, 0.6) is 0 Å². The van der Waals surface area contributed by atoms with Crippen molar-refractivity contribution >= 4 is 19.8 Å². The molecule has 59 heavy (non-hydrogen) atoms. The van der Waals surface area contributed by atoms with Gasteiger partial charge in [-0.1, -0.05) is 107 Å². The van der Waals surface area contributed by atoms with Crippen LogP contribution in [-0.4, -0.2) is 106 Å². The molecule has 1 fully saturated rings. The van der Waals surface area contributed by atoms with Gasteiger partial charge in [-0.3, -0.25) is 18.6 Å². The number of rotatable bonds is 35. The van der Waals surface area contributed by atoms with Crippen molar-refractivity contribution in [2.24, 2.45) is 5.92 Å². The number of esters is 2. The first kappa shape index (κ1) is 54.5. The van der Waals surface area contributed by atoms with Crippen molar-refractivity contribution in [3.05, 3.63) is 60.8 Å². The molecule has 8 atom stereocenters. The predicted octanol–water partition coefficient (Wildman–Crippen LogP) is 7.22. The van der Waals surface area contributed by atoms with Crippen molar-refractivity contribution in [3.63, 3.8) is 0 Å². The minimum atomic E-state index is -4.71. The lowest BCUT2D eigenvalue weighted by molar-refractivity contribution is -0.199. The van der Waals surface area contributed by atoms with E-state index < -0.39 is 83.0 Å². The molecule has 2 unspecified atom stereocenters. The summed E-state index contributed by atoms with van der Waals surface area (Å²) in [6, 6.07) is 0. The number of hydrogen-bond donors (Lipinski definition) is 6. The van der Waals surface area contributed by atoms with Gasteiger partial charge in [0, 0.05) is 25.2 Å². The molecule has 1 aliphatic rings. The van der Waals surface area contributed by atoms with Gasteiger partial charge in [0.25, 0.3) is 0 Å². The lowest BCUT2D eigenvalue weighted by Crippen LogP contribution is -2.43. The number of carbonyl (C=O) groups excluding carboxylic acids is 2. The predicted molar refractivity (Wildman–Crippen MR) is 227 cm³/mol. The monoisotopic (exact) mass is 858 g/mol. The highest BCUT2D eigenvalue weighted by Gasteiger charge is 2.35. The van der Waals surface area contributed by atoms with E-state index >= 15 is 0 Å². The first-order valence-electron chi connectivity index (χ1n) is 21.6. The maximum absolute atomic E-state index is 12.7. The number of allylic oxidation sites excluding steroid dienone is 8. The van der Waals surface area contributed by atoms with E-state index in [1.807, 2.05) is 12.2 Å². The summed E-state index contributed by atoms with van der Waals surface area (Å²) in [5, 5.41) is 49.3. The number of phosphoric ester groups is 1. The van der Waals surface area contributed by atoms with E-state index in [2.05, 4.69) is 54.8 Å². The van der Waals surface area contributed by atoms with Crippen LogP contribution < -0.4 is 0 Å². The molecule has 14 nitrogen and oxygen atoms in total. The molecule has 1 heterocycles. The van der Waals surface area contributed by atoms with Gasteiger partial charge in [0.05, 0.1) is 38.1 Å². The SMILES string of the molecule is CCCCC/C=C\C/C=C\C/C=C\CCCCC(=O)OC[C@H](COP(=O)(O)OC[C@@H](O)CO)OC(=O)CCC/C=C\C[C@H]1[C@@H](O)CC(O)O[C@@H]1/C=C/[C@@H](O)CCCCC. The van der Waals surface area contributed by atoms with Crippen LogP contribution in [0.25, 0.3) is 0 Å². The van der Waals surface area contributed by atoms with Crippen LogP contribution in [0.1, 0.15) is 136 Å². The Morgan fingerprint density at radius 3 is 2.03 bits per heavy atom. The quantitative estimate of drug-likeness (QED) is 0.0161. The second kappa shape index (κ2) is 35.1. The Bertz CT molecular complexity index is 1280. The second-order valence-corrected chi connectivity index (χ2v) is 16.3. The Hall–Kier alpha value is -2.49. The Balaban J connectivity index is 2.56. The van der Waals surface area contributed by atoms with Gasteiger partial charge in [-0.25, -0.2) is 4.57 Å². The highest BCUT2D eigenvalue weighted by Crippen LogP contribution is 2.43. The molecule has 0 aliphatic carbocycles. The minimum absolute atomic E-state index is 0.0209. The molecule has 0 aromatic rings. The molecule has 0 spiro atoms. The number of ether oxygens (including phenoxy) is 3. The van der Waals surface area contributed by atoms with Crippen LogP contribution in [0.2, 0.25) is 0 Å². The van der Waals surface area contributed by atoms with Crippen LogP contribution in [0.15, 0.2) is 60.8 Å². The Kier molecular flexibility index (Phi) is 32.5. The number of hydrogen-bond acceptors (Lipinski definition) is 13. The van der Waals surface area contributed by atoms with E-state index in [1.165, 1.54) is 19.3 Å². The van der Waals surface area contributed by atoms with Crippen molar-refractivity contribution in [1.82, 2.24) is 0 Å². The van der Waals surface area contributed by atoms with Crippen molar-refractivity contribution in [1.29, 1.82) is 0 Å². The molecule has 340 valence electrons. The Morgan fingerprint density at radius 2 is 1.36 bits per heavy atom. The highest BCUT2D eigenvalue weighted by atomic mass is 31.2. The molecule has 1 rings (SSSR count). The normalized spacial score (nSPS) is 21.5. The molecular formula is C44H75O14P. The molecule has 0 saturated carbocycles. The van der Waals surface area contributed by atoms with Crippen molar-refractivity contribution in [2.75, 3.05) is 26.4 Å². The zero-order valence-corrected chi connectivity index (χ0v) is 36.4. The van der Waals surface area contributed by atoms with E-state index in [1.54, 1.807) is 12.2 Å². The van der Waals surface area contributed by atoms with E-state index in [0.717, 1.165) is 51.4 Å². The molecule has 0 bridgehead atoms. The van der Waals surface area contributed by atoms with Crippen LogP contribution >= 0.6 is 7.82 Å². The number of carbonyl (C=O) groups is 2. The third kappa shape index (κ3) is 30.2. The topological polar surface area (TPSA) is 219 Å². The Labute approximate surface area is 352 Å². The minimum Gasteiger partial charge on any atom is -0.462 e. The maximum atomic E-state index is 12.7. The van der Waals surface area contributed by atoms with Gasteiger partial charge in [0.15, 0.2) is 12.4 Å². The van der Waals surface area contributed by atoms with Crippen LogP contribution in [0, 0.1) is 5.92 Å². The molecule has 0 aromatic carbocycles. The molecular weight excluding hydrogens is 783 g/mol. The summed E-state index contributed by atoms with van der Waals surface area (Å²) < 4.78 is 38.3. The van der Waals surface area contributed by atoms with Crippen molar-refractivity contribution in [2.45, 2.75) is 173 Å². The zero-order chi connectivity index (χ0) is 43.6. The average molecular weight is 859 g/mol. The second-order valence-electron chi connectivity index (χ2n) is 14.9. The zero-order valence-electron chi connectivity index (χ0n) is 35.5. The maximum Gasteiger partial charge on any atom is 0.472 e. The fourth-order valence-electron chi connectivity index (χ4n) is 5.98.